The molecule has 0 radical (unpaired) electrons. The Bertz CT molecular complexity index is 1030. The molecule has 0 saturated carbocycles. The van der Waals surface area contributed by atoms with E-state index in [4.69, 9.17) is 4.74 Å². The number of nitrogens with zero attached hydrogens (tertiary/aromatic N) is 1. The average Bonchev–Trinajstić information content (AvgIpc) is 3.11. The van der Waals surface area contributed by atoms with Gasteiger partial charge in [-0.15, -0.1) is 11.3 Å². The Morgan fingerprint density at radius 3 is 2.74 bits per heavy atom. The molecule has 1 aliphatic rings. The molecule has 2 heterocycles. The molecule has 136 valence electrons. The number of hydrogen-bond donors (Lipinski definition) is 2. The van der Waals surface area contributed by atoms with Crippen molar-refractivity contribution in [3.63, 3.8) is 0 Å². The van der Waals surface area contributed by atoms with Crippen LogP contribution in [0, 0.1) is 0 Å². The first-order valence-electron chi connectivity index (χ1n) is 8.45. The van der Waals surface area contributed by atoms with Crippen molar-refractivity contribution >= 4 is 39.5 Å². The number of anilines is 3. The Labute approximate surface area is 160 Å². The Morgan fingerprint density at radius 1 is 1.22 bits per heavy atom. The molecule has 1 amide bonds. The molecular formula is C20H17N3O3S. The lowest BCUT2D eigenvalue weighted by atomic mass is 10.1. The first kappa shape index (κ1) is 17.2. The molecule has 1 atom stereocenters. The first-order valence-corrected chi connectivity index (χ1v) is 9.33. The van der Waals surface area contributed by atoms with Crippen molar-refractivity contribution in [1.82, 2.24) is 4.98 Å². The number of nitrogens with one attached hydrogen (secondary N) is 2. The number of thiazole rings is 1. The fourth-order valence-electron chi connectivity index (χ4n) is 2.74. The molecule has 2 aromatic carbocycles. The van der Waals surface area contributed by atoms with Crippen LogP contribution in [-0.2, 0) is 4.79 Å². The summed E-state index contributed by atoms with van der Waals surface area (Å²) in [5, 5.41) is 8.78. The number of fused-ring (bicyclic) bond motifs is 1. The Hall–Kier alpha value is -3.19. The van der Waals surface area contributed by atoms with E-state index in [1.807, 2.05) is 35.7 Å². The van der Waals surface area contributed by atoms with Gasteiger partial charge < -0.3 is 15.4 Å². The van der Waals surface area contributed by atoms with Gasteiger partial charge in [0.1, 0.15) is 5.75 Å². The predicted octanol–water partition coefficient (Wildman–Crippen LogP) is 4.48. The zero-order valence-electron chi connectivity index (χ0n) is 14.8. The lowest BCUT2D eigenvalue weighted by molar-refractivity contribution is -0.122. The lowest BCUT2D eigenvalue weighted by Gasteiger charge is -2.23. The van der Waals surface area contributed by atoms with Gasteiger partial charge in [0.15, 0.2) is 17.0 Å². The molecule has 0 saturated heterocycles. The summed E-state index contributed by atoms with van der Waals surface area (Å²) in [6, 6.07) is 12.9. The second-order valence-corrected chi connectivity index (χ2v) is 7.11. The molecule has 3 aromatic rings. The summed E-state index contributed by atoms with van der Waals surface area (Å²) in [6.07, 6.45) is -0.493. The van der Waals surface area contributed by atoms with E-state index in [1.165, 1.54) is 11.3 Å². The maximum absolute atomic E-state index is 11.8. The molecule has 1 aromatic heterocycles. The van der Waals surface area contributed by atoms with E-state index in [2.05, 4.69) is 15.6 Å². The summed E-state index contributed by atoms with van der Waals surface area (Å²) in [4.78, 5) is 27.8. The number of Topliss-reactive ketones (excluding diaryl/α,β-unsaturated/α-hetero) is 1. The molecule has 4 rings (SSSR count). The van der Waals surface area contributed by atoms with Crippen molar-refractivity contribution in [2.24, 2.45) is 0 Å². The normalized spacial score (nSPS) is 15.5. The summed E-state index contributed by atoms with van der Waals surface area (Å²) >= 11 is 1.48. The van der Waals surface area contributed by atoms with Crippen molar-refractivity contribution in [1.29, 1.82) is 0 Å². The van der Waals surface area contributed by atoms with E-state index in [9.17, 15) is 9.59 Å². The average molecular weight is 379 g/mol. The van der Waals surface area contributed by atoms with Crippen molar-refractivity contribution < 1.29 is 14.3 Å². The minimum Gasteiger partial charge on any atom is -0.479 e. The van der Waals surface area contributed by atoms with E-state index >= 15 is 0 Å². The summed E-state index contributed by atoms with van der Waals surface area (Å²) in [7, 11) is 0. The smallest absolute Gasteiger partial charge is 0.265 e. The van der Waals surface area contributed by atoms with E-state index in [1.54, 1.807) is 26.0 Å². The van der Waals surface area contributed by atoms with Crippen molar-refractivity contribution in [2.45, 2.75) is 20.0 Å². The number of ketones is 1. The maximum atomic E-state index is 11.8. The number of carbonyl (C=O) groups is 2. The van der Waals surface area contributed by atoms with Crippen LogP contribution in [0.4, 0.5) is 16.5 Å². The molecule has 0 bridgehead atoms. The topological polar surface area (TPSA) is 80.3 Å². The van der Waals surface area contributed by atoms with Crippen molar-refractivity contribution in [2.75, 3.05) is 10.6 Å². The molecule has 2 N–H and O–H groups in total. The zero-order chi connectivity index (χ0) is 19.0. The van der Waals surface area contributed by atoms with Crippen LogP contribution in [0.3, 0.4) is 0 Å². The molecule has 1 unspecified atom stereocenters. The van der Waals surface area contributed by atoms with E-state index in [-0.39, 0.29) is 11.7 Å². The van der Waals surface area contributed by atoms with E-state index in [0.717, 1.165) is 22.1 Å². The van der Waals surface area contributed by atoms with Crippen LogP contribution in [0.1, 0.15) is 24.2 Å². The summed E-state index contributed by atoms with van der Waals surface area (Å²) in [5.74, 6) is 0.537. The number of benzene rings is 2. The number of aromatic nitrogens is 1. The number of hydrogen-bond acceptors (Lipinski definition) is 6. The van der Waals surface area contributed by atoms with E-state index < -0.39 is 6.10 Å². The largest absolute Gasteiger partial charge is 0.479 e. The van der Waals surface area contributed by atoms with Gasteiger partial charge in [-0.25, -0.2) is 4.98 Å². The van der Waals surface area contributed by atoms with Gasteiger partial charge >= 0.3 is 0 Å². The first-order chi connectivity index (χ1) is 13.0. The minimum absolute atomic E-state index is 0.0379. The highest BCUT2D eigenvalue weighted by molar-refractivity contribution is 7.14. The van der Waals surface area contributed by atoms with Crippen LogP contribution in [0.2, 0.25) is 0 Å². The van der Waals surface area contributed by atoms with Gasteiger partial charge in [-0.2, -0.15) is 0 Å². The fraction of sp³-hybridized carbons (Fsp3) is 0.150. The van der Waals surface area contributed by atoms with Crippen molar-refractivity contribution in [3.8, 4) is 17.0 Å². The molecule has 27 heavy (non-hydrogen) atoms. The quantitative estimate of drug-likeness (QED) is 0.654. The monoisotopic (exact) mass is 379 g/mol. The number of ether oxygens (including phenoxy) is 1. The van der Waals surface area contributed by atoms with Crippen LogP contribution in [0.25, 0.3) is 11.3 Å². The highest BCUT2D eigenvalue weighted by Crippen LogP contribution is 2.35. The molecular weight excluding hydrogens is 362 g/mol. The van der Waals surface area contributed by atoms with Gasteiger partial charge in [-0.3, -0.25) is 9.59 Å². The van der Waals surface area contributed by atoms with Gasteiger partial charge in [0.05, 0.1) is 11.4 Å². The van der Waals surface area contributed by atoms with Crippen LogP contribution >= 0.6 is 11.3 Å². The van der Waals surface area contributed by atoms with Gasteiger partial charge in [0, 0.05) is 22.2 Å². The highest BCUT2D eigenvalue weighted by Gasteiger charge is 2.23. The predicted molar refractivity (Wildman–Crippen MR) is 106 cm³/mol. The van der Waals surface area contributed by atoms with Gasteiger partial charge in [-0.05, 0) is 56.3 Å². The molecule has 6 nitrogen and oxygen atoms in total. The van der Waals surface area contributed by atoms with Gasteiger partial charge in [-0.1, -0.05) is 0 Å². The second kappa shape index (κ2) is 6.85. The number of rotatable bonds is 4. The third-order valence-corrected chi connectivity index (χ3v) is 5.01. The van der Waals surface area contributed by atoms with Crippen LogP contribution < -0.4 is 15.4 Å². The van der Waals surface area contributed by atoms with Gasteiger partial charge in [0.2, 0.25) is 0 Å². The Balaban J connectivity index is 1.53. The van der Waals surface area contributed by atoms with Crippen LogP contribution in [-0.4, -0.2) is 22.8 Å². The van der Waals surface area contributed by atoms with Crippen LogP contribution in [0.5, 0.6) is 5.75 Å². The minimum atomic E-state index is -0.493. The molecule has 0 fully saturated rings. The zero-order valence-corrected chi connectivity index (χ0v) is 15.6. The van der Waals surface area contributed by atoms with Crippen LogP contribution in [0.15, 0.2) is 47.8 Å². The third kappa shape index (κ3) is 3.54. The molecule has 0 spiro atoms. The Kier molecular flexibility index (Phi) is 4.37. The van der Waals surface area contributed by atoms with Crippen molar-refractivity contribution in [3.05, 3.63) is 53.4 Å². The standard InChI is InChI=1S/C20H17N3O3S/c1-11(24)13-3-6-15(7-4-13)21-20-23-17(10-27-20)14-5-8-18-16(9-14)22-19(25)12(2)26-18/h3-10,12H,1-2H3,(H,21,23)(H,22,25). The lowest BCUT2D eigenvalue weighted by Crippen LogP contribution is -2.34. The molecule has 1 aliphatic heterocycles. The second-order valence-electron chi connectivity index (χ2n) is 6.26. The fourth-order valence-corrected chi connectivity index (χ4v) is 3.48. The highest BCUT2D eigenvalue weighted by atomic mass is 32.1. The molecule has 0 aliphatic carbocycles. The number of carbonyl (C=O) groups excluding carboxylic acids is 2. The Morgan fingerprint density at radius 2 is 2.00 bits per heavy atom. The summed E-state index contributed by atoms with van der Waals surface area (Å²) < 4.78 is 5.58. The third-order valence-electron chi connectivity index (χ3n) is 4.25. The molecule has 7 heteroatoms. The van der Waals surface area contributed by atoms with Gasteiger partial charge in [0.25, 0.3) is 5.91 Å². The summed E-state index contributed by atoms with van der Waals surface area (Å²) in [5.41, 5.74) is 3.88. The van der Waals surface area contributed by atoms with E-state index in [0.29, 0.717) is 17.0 Å². The number of amides is 1. The maximum Gasteiger partial charge on any atom is 0.265 e. The summed E-state index contributed by atoms with van der Waals surface area (Å²) in [6.45, 7) is 3.26. The SMILES string of the molecule is CC(=O)c1ccc(Nc2nc(-c3ccc4c(c3)NC(=O)C(C)O4)cs2)cc1.